The van der Waals surface area contributed by atoms with Gasteiger partial charge in [-0.3, -0.25) is 4.79 Å². The zero-order valence-corrected chi connectivity index (χ0v) is 11.7. The molecule has 3 nitrogen and oxygen atoms in total. The minimum atomic E-state index is -0.456. The first kappa shape index (κ1) is 13.4. The number of fused-ring (bicyclic) bond motifs is 1. The normalized spacial score (nSPS) is 15.9. The fraction of sp³-hybridized carbons (Fsp3) is 0.167. The number of hydrogen-bond acceptors (Lipinski definition) is 2. The highest BCUT2D eigenvalue weighted by atomic mass is 16.5. The van der Waals surface area contributed by atoms with Crippen molar-refractivity contribution in [2.45, 2.75) is 12.5 Å². The second kappa shape index (κ2) is 5.83. The number of amides is 1. The van der Waals surface area contributed by atoms with Crippen LogP contribution in [0.3, 0.4) is 0 Å². The Morgan fingerprint density at radius 1 is 1.19 bits per heavy atom. The standard InChI is InChI=1S/C18H17NO2/c1-2-12-19(15-9-4-3-5-10-15)18(20)17-13-14-8-6-7-11-16(14)21-17/h2-11,17H,1,12-13H2. The van der Waals surface area contributed by atoms with Gasteiger partial charge in [-0.05, 0) is 23.8 Å². The van der Waals surface area contributed by atoms with E-state index in [0.29, 0.717) is 13.0 Å². The average Bonchev–Trinajstić information content (AvgIpc) is 2.97. The molecule has 21 heavy (non-hydrogen) atoms. The minimum Gasteiger partial charge on any atom is -0.480 e. The fourth-order valence-corrected chi connectivity index (χ4v) is 2.55. The fourth-order valence-electron chi connectivity index (χ4n) is 2.55. The molecule has 0 saturated heterocycles. The molecular weight excluding hydrogens is 262 g/mol. The van der Waals surface area contributed by atoms with E-state index in [1.165, 1.54) is 0 Å². The third-order valence-corrected chi connectivity index (χ3v) is 3.57. The van der Waals surface area contributed by atoms with Crippen LogP contribution in [0.15, 0.2) is 67.3 Å². The van der Waals surface area contributed by atoms with Gasteiger partial charge < -0.3 is 9.64 Å². The molecule has 1 aliphatic rings. The Morgan fingerprint density at radius 2 is 1.90 bits per heavy atom. The van der Waals surface area contributed by atoms with Crippen molar-refractivity contribution in [2.24, 2.45) is 0 Å². The van der Waals surface area contributed by atoms with Crippen LogP contribution in [0, 0.1) is 0 Å². The van der Waals surface area contributed by atoms with Gasteiger partial charge in [-0.15, -0.1) is 6.58 Å². The van der Waals surface area contributed by atoms with E-state index in [1.54, 1.807) is 11.0 Å². The number of benzene rings is 2. The predicted octanol–water partition coefficient (Wildman–Crippen LogP) is 3.21. The van der Waals surface area contributed by atoms with E-state index < -0.39 is 6.10 Å². The predicted molar refractivity (Wildman–Crippen MR) is 83.6 cm³/mol. The first-order valence-electron chi connectivity index (χ1n) is 7.01. The van der Waals surface area contributed by atoms with Crippen LogP contribution >= 0.6 is 0 Å². The zero-order chi connectivity index (χ0) is 14.7. The Morgan fingerprint density at radius 3 is 2.62 bits per heavy atom. The molecule has 2 aromatic rings. The van der Waals surface area contributed by atoms with E-state index >= 15 is 0 Å². The number of nitrogens with zero attached hydrogens (tertiary/aromatic N) is 1. The third kappa shape index (κ3) is 2.68. The molecule has 1 unspecified atom stereocenters. The molecule has 1 amide bonds. The van der Waals surface area contributed by atoms with Crippen molar-refractivity contribution in [2.75, 3.05) is 11.4 Å². The number of carbonyl (C=O) groups is 1. The summed E-state index contributed by atoms with van der Waals surface area (Å²) in [5.41, 5.74) is 1.95. The van der Waals surface area contributed by atoms with Gasteiger partial charge in [0.1, 0.15) is 5.75 Å². The van der Waals surface area contributed by atoms with Crippen LogP contribution in [-0.2, 0) is 11.2 Å². The van der Waals surface area contributed by atoms with Crippen LogP contribution in [0.2, 0.25) is 0 Å². The summed E-state index contributed by atoms with van der Waals surface area (Å²) in [4.78, 5) is 14.5. The number of ether oxygens (including phenoxy) is 1. The molecule has 0 fully saturated rings. The van der Waals surface area contributed by atoms with Crippen LogP contribution in [0.5, 0.6) is 5.75 Å². The lowest BCUT2D eigenvalue weighted by molar-refractivity contribution is -0.124. The van der Waals surface area contributed by atoms with E-state index in [0.717, 1.165) is 17.0 Å². The molecular formula is C18H17NO2. The molecule has 0 bridgehead atoms. The minimum absolute atomic E-state index is 0.0303. The summed E-state index contributed by atoms with van der Waals surface area (Å²) in [5, 5.41) is 0. The quantitative estimate of drug-likeness (QED) is 0.804. The Hall–Kier alpha value is -2.55. The molecule has 3 rings (SSSR count). The molecule has 1 atom stereocenters. The van der Waals surface area contributed by atoms with Gasteiger partial charge in [0.2, 0.25) is 0 Å². The van der Waals surface area contributed by atoms with E-state index in [1.807, 2.05) is 54.6 Å². The average molecular weight is 279 g/mol. The first-order chi connectivity index (χ1) is 10.3. The molecule has 0 saturated carbocycles. The van der Waals surface area contributed by atoms with Crippen LogP contribution in [0.4, 0.5) is 5.69 Å². The second-order valence-electron chi connectivity index (χ2n) is 4.99. The topological polar surface area (TPSA) is 29.5 Å². The molecule has 3 heteroatoms. The maximum Gasteiger partial charge on any atom is 0.268 e. The maximum absolute atomic E-state index is 12.8. The van der Waals surface area contributed by atoms with Crippen LogP contribution in [0.1, 0.15) is 5.56 Å². The molecule has 0 aliphatic carbocycles. The lowest BCUT2D eigenvalue weighted by Crippen LogP contribution is -2.41. The summed E-state index contributed by atoms with van der Waals surface area (Å²) in [6, 6.07) is 17.4. The van der Waals surface area contributed by atoms with Gasteiger partial charge in [0.05, 0.1) is 0 Å². The number of para-hydroxylation sites is 2. The van der Waals surface area contributed by atoms with Gasteiger partial charge >= 0.3 is 0 Å². The van der Waals surface area contributed by atoms with Crippen LogP contribution in [-0.4, -0.2) is 18.6 Å². The monoisotopic (exact) mass is 279 g/mol. The summed E-state index contributed by atoms with van der Waals surface area (Å²) >= 11 is 0. The number of anilines is 1. The SMILES string of the molecule is C=CCN(C(=O)C1Cc2ccccc2O1)c1ccccc1. The molecule has 106 valence electrons. The Labute approximate surface area is 124 Å². The molecule has 0 spiro atoms. The van der Waals surface area contributed by atoms with Crippen molar-refractivity contribution in [3.63, 3.8) is 0 Å². The Balaban J connectivity index is 1.82. The third-order valence-electron chi connectivity index (χ3n) is 3.57. The van der Waals surface area contributed by atoms with E-state index in [-0.39, 0.29) is 5.91 Å². The highest BCUT2D eigenvalue weighted by Crippen LogP contribution is 2.29. The van der Waals surface area contributed by atoms with E-state index in [2.05, 4.69) is 6.58 Å². The lowest BCUT2D eigenvalue weighted by Gasteiger charge is -2.24. The molecule has 1 aliphatic heterocycles. The first-order valence-corrected chi connectivity index (χ1v) is 7.01. The largest absolute Gasteiger partial charge is 0.480 e. The second-order valence-corrected chi connectivity index (χ2v) is 4.99. The van der Waals surface area contributed by atoms with Gasteiger partial charge in [-0.1, -0.05) is 42.5 Å². The highest BCUT2D eigenvalue weighted by Gasteiger charge is 2.32. The summed E-state index contributed by atoms with van der Waals surface area (Å²) < 4.78 is 5.79. The summed E-state index contributed by atoms with van der Waals surface area (Å²) in [6.45, 7) is 4.21. The van der Waals surface area contributed by atoms with Gasteiger partial charge in [-0.2, -0.15) is 0 Å². The van der Waals surface area contributed by atoms with Crippen LogP contribution in [0.25, 0.3) is 0 Å². The highest BCUT2D eigenvalue weighted by molar-refractivity contribution is 5.97. The zero-order valence-electron chi connectivity index (χ0n) is 11.7. The number of rotatable bonds is 4. The Kier molecular flexibility index (Phi) is 3.73. The Bertz CT molecular complexity index is 626. The van der Waals surface area contributed by atoms with Gasteiger partial charge in [0.15, 0.2) is 6.10 Å². The van der Waals surface area contributed by atoms with E-state index in [9.17, 15) is 4.79 Å². The molecule has 1 heterocycles. The summed E-state index contributed by atoms with van der Waals surface area (Å²) in [6.07, 6.45) is 1.89. The van der Waals surface area contributed by atoms with Crippen LogP contribution < -0.4 is 9.64 Å². The van der Waals surface area contributed by atoms with Gasteiger partial charge in [0, 0.05) is 18.7 Å². The maximum atomic E-state index is 12.8. The summed E-state index contributed by atoms with van der Waals surface area (Å²) in [7, 11) is 0. The number of carbonyl (C=O) groups excluding carboxylic acids is 1. The van der Waals surface area contributed by atoms with Crippen molar-refractivity contribution in [1.82, 2.24) is 0 Å². The van der Waals surface area contributed by atoms with Crippen molar-refractivity contribution >= 4 is 11.6 Å². The molecule has 0 aromatic heterocycles. The van der Waals surface area contributed by atoms with Gasteiger partial charge in [-0.25, -0.2) is 0 Å². The summed E-state index contributed by atoms with van der Waals surface area (Å²) in [5.74, 6) is 0.778. The molecule has 0 radical (unpaired) electrons. The molecule has 0 N–H and O–H groups in total. The lowest BCUT2D eigenvalue weighted by atomic mass is 10.1. The van der Waals surface area contributed by atoms with Crippen molar-refractivity contribution in [3.05, 3.63) is 72.8 Å². The number of hydrogen-bond donors (Lipinski definition) is 0. The van der Waals surface area contributed by atoms with Crippen molar-refractivity contribution in [1.29, 1.82) is 0 Å². The van der Waals surface area contributed by atoms with E-state index in [4.69, 9.17) is 4.74 Å². The van der Waals surface area contributed by atoms with Crippen molar-refractivity contribution in [3.8, 4) is 5.75 Å². The molecule has 2 aromatic carbocycles. The van der Waals surface area contributed by atoms with Crippen molar-refractivity contribution < 1.29 is 9.53 Å². The van der Waals surface area contributed by atoms with Gasteiger partial charge in [0.25, 0.3) is 5.91 Å². The smallest absolute Gasteiger partial charge is 0.268 e.